The first-order chi connectivity index (χ1) is 16.8. The van der Waals surface area contributed by atoms with E-state index in [1.165, 1.54) is 112 Å². The van der Waals surface area contributed by atoms with Gasteiger partial charge in [-0.3, -0.25) is 0 Å². The van der Waals surface area contributed by atoms with Crippen molar-refractivity contribution >= 4 is 10.8 Å². The molecular weight excluding hydrogens is 428 g/mol. The van der Waals surface area contributed by atoms with Crippen molar-refractivity contribution in [1.82, 2.24) is 0 Å². The molecule has 0 spiro atoms. The minimum absolute atomic E-state index is 0.838. The lowest BCUT2D eigenvalue weighted by atomic mass is 10.0. The van der Waals surface area contributed by atoms with Crippen molar-refractivity contribution in [3.8, 4) is 5.75 Å². The summed E-state index contributed by atoms with van der Waals surface area (Å²) in [6.07, 6.45) is 16.5. The molecule has 0 heterocycles. The smallest absolute Gasteiger partial charge is 0.128 e. The van der Waals surface area contributed by atoms with Gasteiger partial charge in [-0.1, -0.05) is 88.1 Å². The fourth-order valence-corrected chi connectivity index (χ4v) is 4.67. The van der Waals surface area contributed by atoms with E-state index in [4.69, 9.17) is 4.74 Å². The van der Waals surface area contributed by atoms with Gasteiger partial charge in [-0.2, -0.15) is 0 Å². The van der Waals surface area contributed by atoms with Crippen LogP contribution in [0.5, 0.6) is 5.75 Å². The maximum absolute atomic E-state index is 5.96. The maximum Gasteiger partial charge on any atom is 0.128 e. The highest BCUT2D eigenvalue weighted by Gasteiger charge is 2.20. The Morgan fingerprint density at radius 3 is 1.66 bits per heavy atom. The number of hydrogen-bond donors (Lipinski definition) is 0. The van der Waals surface area contributed by atoms with Gasteiger partial charge in [-0.25, -0.2) is 0 Å². The van der Waals surface area contributed by atoms with Crippen LogP contribution in [0.3, 0.4) is 0 Å². The number of quaternary nitrogens is 2. The van der Waals surface area contributed by atoms with Crippen LogP contribution >= 0.6 is 0 Å². The Bertz CT molecular complexity index is 814. The number of nitrogens with zero attached hydrogens (tertiary/aromatic N) is 2. The average Bonchev–Trinajstić information content (AvgIpc) is 2.85. The standard InChI is InChI=1S/C32H56N2O/c1-6-33(2,3)26-27-34(4,5)25-19-15-13-11-9-7-8-10-12-14-16-20-28-35-32-24-23-30-21-17-18-22-31(30)29-32/h17-18,21-24,29H,6-16,19-20,25-28H2,1-5H3/q+2. The van der Waals surface area contributed by atoms with E-state index in [1.807, 2.05) is 0 Å². The summed E-state index contributed by atoms with van der Waals surface area (Å²) in [5, 5.41) is 2.54. The lowest BCUT2D eigenvalue weighted by Crippen LogP contribution is -2.51. The summed E-state index contributed by atoms with van der Waals surface area (Å²) in [4.78, 5) is 0. The second-order valence-corrected chi connectivity index (χ2v) is 12.0. The quantitative estimate of drug-likeness (QED) is 0.136. The van der Waals surface area contributed by atoms with Crippen molar-refractivity contribution in [3.63, 3.8) is 0 Å². The number of unbranched alkanes of at least 4 members (excludes halogenated alkanes) is 11. The minimum atomic E-state index is 0.838. The van der Waals surface area contributed by atoms with E-state index in [2.05, 4.69) is 77.6 Å². The van der Waals surface area contributed by atoms with Gasteiger partial charge in [0.15, 0.2) is 0 Å². The van der Waals surface area contributed by atoms with Gasteiger partial charge in [0, 0.05) is 0 Å². The molecule has 0 fully saturated rings. The summed E-state index contributed by atoms with van der Waals surface area (Å²) in [6.45, 7) is 8.26. The van der Waals surface area contributed by atoms with Crippen molar-refractivity contribution in [3.05, 3.63) is 42.5 Å². The van der Waals surface area contributed by atoms with Crippen LogP contribution in [-0.4, -0.2) is 69.9 Å². The van der Waals surface area contributed by atoms with Crippen molar-refractivity contribution in [2.75, 3.05) is 61.0 Å². The molecule has 0 atom stereocenters. The fraction of sp³-hybridized carbons (Fsp3) is 0.688. The summed E-state index contributed by atoms with van der Waals surface area (Å²) in [5.41, 5.74) is 0. The van der Waals surface area contributed by atoms with E-state index in [0.717, 1.165) is 23.3 Å². The van der Waals surface area contributed by atoms with E-state index < -0.39 is 0 Å². The zero-order chi connectivity index (χ0) is 25.4. The highest BCUT2D eigenvalue weighted by atomic mass is 16.5. The van der Waals surface area contributed by atoms with E-state index >= 15 is 0 Å². The van der Waals surface area contributed by atoms with Gasteiger partial charge in [0.2, 0.25) is 0 Å². The zero-order valence-corrected chi connectivity index (χ0v) is 23.9. The average molecular weight is 485 g/mol. The Kier molecular flexibility index (Phi) is 13.7. The maximum atomic E-state index is 5.96. The zero-order valence-electron chi connectivity index (χ0n) is 23.9. The van der Waals surface area contributed by atoms with Crippen molar-refractivity contribution < 1.29 is 13.7 Å². The number of likely N-dealkylation sites (N-methyl/N-ethyl adjacent to an activating group) is 2. The van der Waals surface area contributed by atoms with Crippen LogP contribution in [0, 0.1) is 0 Å². The molecule has 35 heavy (non-hydrogen) atoms. The molecule has 0 aliphatic heterocycles. The molecule has 0 bridgehead atoms. The van der Waals surface area contributed by atoms with Crippen LogP contribution in [-0.2, 0) is 0 Å². The molecule has 0 saturated heterocycles. The summed E-state index contributed by atoms with van der Waals surface area (Å²) >= 11 is 0. The molecule has 0 aromatic heterocycles. The molecule has 2 aromatic rings. The second kappa shape index (κ2) is 16.2. The van der Waals surface area contributed by atoms with Crippen LogP contribution in [0.4, 0.5) is 0 Å². The summed E-state index contributed by atoms with van der Waals surface area (Å²) in [5.74, 6) is 1.00. The predicted octanol–water partition coefficient (Wildman–Crippen LogP) is 8.07. The number of hydrogen-bond acceptors (Lipinski definition) is 1. The van der Waals surface area contributed by atoms with Gasteiger partial charge in [0.05, 0.1) is 47.9 Å². The van der Waals surface area contributed by atoms with Gasteiger partial charge >= 0.3 is 0 Å². The molecule has 2 rings (SSSR count). The van der Waals surface area contributed by atoms with Gasteiger partial charge in [-0.15, -0.1) is 0 Å². The minimum Gasteiger partial charge on any atom is -0.494 e. The number of rotatable bonds is 20. The first kappa shape index (κ1) is 29.6. The lowest BCUT2D eigenvalue weighted by molar-refractivity contribution is -0.945. The van der Waals surface area contributed by atoms with Crippen molar-refractivity contribution in [1.29, 1.82) is 0 Å². The molecule has 0 N–H and O–H groups in total. The SMILES string of the molecule is CC[N+](C)(C)CC[N+](C)(C)CCCCCCCCCCCCCCOc1ccc2ccccc2c1. The van der Waals surface area contributed by atoms with Crippen molar-refractivity contribution in [2.45, 2.75) is 84.0 Å². The van der Waals surface area contributed by atoms with E-state index in [9.17, 15) is 0 Å². The topological polar surface area (TPSA) is 9.23 Å². The molecule has 198 valence electrons. The Balaban J connectivity index is 1.35. The predicted molar refractivity (Wildman–Crippen MR) is 154 cm³/mol. The van der Waals surface area contributed by atoms with E-state index in [0.29, 0.717) is 0 Å². The number of fused-ring (bicyclic) bond motifs is 1. The summed E-state index contributed by atoms with van der Waals surface area (Å²) < 4.78 is 8.28. The van der Waals surface area contributed by atoms with E-state index in [1.54, 1.807) is 0 Å². The van der Waals surface area contributed by atoms with Crippen molar-refractivity contribution in [2.24, 2.45) is 0 Å². The summed E-state index contributed by atoms with van der Waals surface area (Å²) in [6, 6.07) is 14.9. The molecular formula is C32H56N2O+2. The number of ether oxygens (including phenoxy) is 1. The highest BCUT2D eigenvalue weighted by molar-refractivity contribution is 5.83. The monoisotopic (exact) mass is 484 g/mol. The molecule has 2 aromatic carbocycles. The van der Waals surface area contributed by atoms with Crippen LogP contribution in [0.2, 0.25) is 0 Å². The number of benzene rings is 2. The normalized spacial score (nSPS) is 12.4. The summed E-state index contributed by atoms with van der Waals surface area (Å²) in [7, 11) is 9.52. The van der Waals surface area contributed by atoms with Crippen LogP contribution < -0.4 is 4.74 Å². The van der Waals surface area contributed by atoms with Crippen LogP contribution in [0.25, 0.3) is 10.8 Å². The lowest BCUT2D eigenvalue weighted by Gasteiger charge is -2.35. The molecule has 0 radical (unpaired) electrons. The first-order valence-corrected chi connectivity index (χ1v) is 14.6. The molecule has 3 nitrogen and oxygen atoms in total. The fourth-order valence-electron chi connectivity index (χ4n) is 4.67. The van der Waals surface area contributed by atoms with E-state index in [-0.39, 0.29) is 0 Å². The largest absolute Gasteiger partial charge is 0.494 e. The second-order valence-electron chi connectivity index (χ2n) is 12.0. The third kappa shape index (κ3) is 13.3. The molecule has 0 unspecified atom stereocenters. The van der Waals surface area contributed by atoms with Gasteiger partial charge in [0.25, 0.3) is 0 Å². The Hall–Kier alpha value is -1.58. The van der Waals surface area contributed by atoms with Crippen LogP contribution in [0.15, 0.2) is 42.5 Å². The third-order valence-electron chi connectivity index (χ3n) is 7.81. The first-order valence-electron chi connectivity index (χ1n) is 14.6. The molecule has 0 amide bonds. The van der Waals surface area contributed by atoms with Gasteiger partial charge in [0.1, 0.15) is 18.8 Å². The third-order valence-corrected chi connectivity index (χ3v) is 7.81. The molecule has 0 aliphatic rings. The Morgan fingerprint density at radius 1 is 0.543 bits per heavy atom. The molecule has 0 saturated carbocycles. The Labute approximate surface area is 217 Å². The Morgan fingerprint density at radius 2 is 1.06 bits per heavy atom. The van der Waals surface area contributed by atoms with Crippen LogP contribution in [0.1, 0.15) is 84.0 Å². The van der Waals surface area contributed by atoms with Gasteiger partial charge in [-0.05, 0) is 49.1 Å². The highest BCUT2D eigenvalue weighted by Crippen LogP contribution is 2.21. The molecule has 0 aliphatic carbocycles. The van der Waals surface area contributed by atoms with Gasteiger partial charge < -0.3 is 13.7 Å². The molecule has 3 heteroatoms.